The number of carbonyl (C=O) groups excluding carboxylic acids is 1. The number of nitrogens with zero attached hydrogens (tertiary/aromatic N) is 2. The average Bonchev–Trinajstić information content (AvgIpc) is 2.71. The first-order valence-corrected chi connectivity index (χ1v) is 8.46. The molecule has 1 heterocycles. The summed E-state index contributed by atoms with van der Waals surface area (Å²) in [4.78, 5) is 20.0. The number of nitrogens with two attached hydrogens (primary N) is 1. The molecule has 7 nitrogen and oxygen atoms in total. The van der Waals surface area contributed by atoms with Gasteiger partial charge in [-0.3, -0.25) is 0 Å². The second kappa shape index (κ2) is 8.18. The van der Waals surface area contributed by atoms with Crippen molar-refractivity contribution in [1.82, 2.24) is 9.97 Å². The molecule has 0 radical (unpaired) electrons. The van der Waals surface area contributed by atoms with Gasteiger partial charge >= 0.3 is 5.97 Å². The van der Waals surface area contributed by atoms with Crippen LogP contribution >= 0.6 is 0 Å². The van der Waals surface area contributed by atoms with Gasteiger partial charge in [0.25, 0.3) is 0 Å². The van der Waals surface area contributed by atoms with Gasteiger partial charge in [0.1, 0.15) is 12.0 Å². The van der Waals surface area contributed by atoms with E-state index in [2.05, 4.69) is 20.6 Å². The number of nitrogens with one attached hydrogen (secondary N) is 2. The number of nitrogen functional groups attached to an aromatic ring is 1. The van der Waals surface area contributed by atoms with Crippen LogP contribution in [0.4, 0.5) is 23.0 Å². The lowest BCUT2D eigenvalue weighted by atomic mass is 10.1. The number of ether oxygens (including phenoxy) is 1. The Hall–Kier alpha value is -3.61. The van der Waals surface area contributed by atoms with Gasteiger partial charge in [0.15, 0.2) is 11.6 Å². The standard InChI is InChI=1S/C20H21N5O2/c1-13(14-6-4-3-5-7-14)24-18-17(21)19(23-12-22-18)25-16-10-8-15(9-11-16)20(26)27-2/h3-13H,21H2,1-2H3,(H2,22,23,24,25). The fraction of sp³-hybridized carbons (Fsp3) is 0.150. The minimum Gasteiger partial charge on any atom is -0.465 e. The Labute approximate surface area is 157 Å². The third-order valence-corrected chi connectivity index (χ3v) is 4.11. The van der Waals surface area contributed by atoms with Gasteiger partial charge in [-0.1, -0.05) is 30.3 Å². The highest BCUT2D eigenvalue weighted by molar-refractivity contribution is 5.90. The van der Waals surface area contributed by atoms with Crippen molar-refractivity contribution in [2.24, 2.45) is 0 Å². The zero-order valence-corrected chi connectivity index (χ0v) is 15.1. The van der Waals surface area contributed by atoms with E-state index in [1.165, 1.54) is 13.4 Å². The summed E-state index contributed by atoms with van der Waals surface area (Å²) in [5.41, 5.74) is 8.99. The molecule has 27 heavy (non-hydrogen) atoms. The summed E-state index contributed by atoms with van der Waals surface area (Å²) in [5, 5.41) is 6.45. The van der Waals surface area contributed by atoms with E-state index in [4.69, 9.17) is 10.5 Å². The lowest BCUT2D eigenvalue weighted by Gasteiger charge is -2.17. The maximum atomic E-state index is 11.5. The van der Waals surface area contributed by atoms with Crippen molar-refractivity contribution >= 4 is 29.0 Å². The highest BCUT2D eigenvalue weighted by Crippen LogP contribution is 2.28. The number of aromatic nitrogens is 2. The zero-order chi connectivity index (χ0) is 19.2. The predicted octanol–water partition coefficient (Wildman–Crippen LogP) is 3.76. The van der Waals surface area contributed by atoms with Crippen LogP contribution in [0.5, 0.6) is 0 Å². The summed E-state index contributed by atoms with van der Waals surface area (Å²) in [6.45, 7) is 2.04. The SMILES string of the molecule is COC(=O)c1ccc(Nc2ncnc(NC(C)c3ccccc3)c2N)cc1. The number of esters is 1. The van der Waals surface area contributed by atoms with E-state index in [-0.39, 0.29) is 12.0 Å². The van der Waals surface area contributed by atoms with Crippen LogP contribution in [-0.2, 0) is 4.74 Å². The van der Waals surface area contributed by atoms with E-state index in [9.17, 15) is 4.79 Å². The van der Waals surface area contributed by atoms with Crippen LogP contribution in [0.1, 0.15) is 28.9 Å². The quantitative estimate of drug-likeness (QED) is 0.573. The average molecular weight is 363 g/mol. The molecule has 0 fully saturated rings. The van der Waals surface area contributed by atoms with E-state index in [1.54, 1.807) is 24.3 Å². The van der Waals surface area contributed by atoms with Crippen LogP contribution in [0.15, 0.2) is 60.9 Å². The Morgan fingerprint density at radius 1 is 1.04 bits per heavy atom. The molecule has 0 spiro atoms. The van der Waals surface area contributed by atoms with E-state index >= 15 is 0 Å². The Morgan fingerprint density at radius 3 is 2.37 bits per heavy atom. The first-order valence-electron chi connectivity index (χ1n) is 8.46. The molecule has 4 N–H and O–H groups in total. The molecule has 1 unspecified atom stereocenters. The van der Waals surface area contributed by atoms with Gasteiger partial charge in [-0.2, -0.15) is 0 Å². The van der Waals surface area contributed by atoms with Gasteiger partial charge in [0.2, 0.25) is 0 Å². The maximum Gasteiger partial charge on any atom is 0.337 e. The molecule has 0 bridgehead atoms. The van der Waals surface area contributed by atoms with Gasteiger partial charge in [-0.25, -0.2) is 14.8 Å². The molecule has 7 heteroatoms. The number of rotatable bonds is 6. The number of methoxy groups -OCH3 is 1. The molecular weight excluding hydrogens is 342 g/mol. The van der Waals surface area contributed by atoms with Crippen LogP contribution in [0.2, 0.25) is 0 Å². The molecule has 2 aromatic carbocycles. The minimum atomic E-state index is -0.385. The number of hydrogen-bond donors (Lipinski definition) is 3. The van der Waals surface area contributed by atoms with Crippen molar-refractivity contribution in [2.45, 2.75) is 13.0 Å². The van der Waals surface area contributed by atoms with Gasteiger partial charge < -0.3 is 21.1 Å². The topological polar surface area (TPSA) is 102 Å². The number of benzene rings is 2. The van der Waals surface area contributed by atoms with Gasteiger partial charge in [-0.05, 0) is 36.8 Å². The molecule has 0 aliphatic carbocycles. The molecule has 3 rings (SSSR count). The predicted molar refractivity (Wildman–Crippen MR) is 106 cm³/mol. The third kappa shape index (κ3) is 4.33. The minimum absolute atomic E-state index is 0.0376. The second-order valence-electron chi connectivity index (χ2n) is 5.96. The van der Waals surface area contributed by atoms with Crippen molar-refractivity contribution in [1.29, 1.82) is 0 Å². The van der Waals surface area contributed by atoms with E-state index in [1.807, 2.05) is 37.3 Å². The first kappa shape index (κ1) is 18.2. The smallest absolute Gasteiger partial charge is 0.337 e. The number of anilines is 4. The third-order valence-electron chi connectivity index (χ3n) is 4.11. The lowest BCUT2D eigenvalue weighted by Crippen LogP contribution is -2.11. The van der Waals surface area contributed by atoms with E-state index in [0.29, 0.717) is 22.9 Å². The van der Waals surface area contributed by atoms with Gasteiger partial charge in [0, 0.05) is 5.69 Å². The first-order chi connectivity index (χ1) is 13.1. The Bertz CT molecular complexity index is 913. The summed E-state index contributed by atoms with van der Waals surface area (Å²) in [5.74, 6) is 0.651. The summed E-state index contributed by atoms with van der Waals surface area (Å²) in [6, 6.07) is 16.9. The highest BCUT2D eigenvalue weighted by atomic mass is 16.5. The summed E-state index contributed by atoms with van der Waals surface area (Å²) in [6.07, 6.45) is 1.45. The van der Waals surface area contributed by atoms with E-state index < -0.39 is 0 Å². The van der Waals surface area contributed by atoms with Crippen LogP contribution < -0.4 is 16.4 Å². The van der Waals surface area contributed by atoms with Crippen molar-refractivity contribution in [3.63, 3.8) is 0 Å². The molecule has 0 amide bonds. The molecule has 1 aromatic heterocycles. The maximum absolute atomic E-state index is 11.5. The lowest BCUT2D eigenvalue weighted by molar-refractivity contribution is 0.0601. The van der Waals surface area contributed by atoms with Crippen molar-refractivity contribution < 1.29 is 9.53 Å². The summed E-state index contributed by atoms with van der Waals surface area (Å²) in [7, 11) is 1.35. The van der Waals surface area contributed by atoms with E-state index in [0.717, 1.165) is 11.3 Å². The van der Waals surface area contributed by atoms with Crippen LogP contribution in [-0.4, -0.2) is 23.0 Å². The highest BCUT2D eigenvalue weighted by Gasteiger charge is 2.12. The fourth-order valence-electron chi connectivity index (χ4n) is 2.58. The fourth-order valence-corrected chi connectivity index (χ4v) is 2.58. The zero-order valence-electron chi connectivity index (χ0n) is 15.1. The molecule has 0 aliphatic heterocycles. The van der Waals surface area contributed by atoms with Crippen molar-refractivity contribution in [3.05, 3.63) is 72.1 Å². The molecule has 0 saturated carbocycles. The van der Waals surface area contributed by atoms with Crippen molar-refractivity contribution in [2.75, 3.05) is 23.5 Å². The Balaban J connectivity index is 1.76. The largest absolute Gasteiger partial charge is 0.465 e. The normalized spacial score (nSPS) is 11.5. The molecular formula is C20H21N5O2. The number of carbonyl (C=O) groups is 1. The molecule has 0 aliphatic rings. The van der Waals surface area contributed by atoms with Crippen LogP contribution in [0.25, 0.3) is 0 Å². The van der Waals surface area contributed by atoms with Gasteiger partial charge in [0.05, 0.1) is 18.7 Å². The van der Waals surface area contributed by atoms with Gasteiger partial charge in [-0.15, -0.1) is 0 Å². The van der Waals surface area contributed by atoms with Crippen LogP contribution in [0.3, 0.4) is 0 Å². The Kier molecular flexibility index (Phi) is 5.51. The molecule has 3 aromatic rings. The molecule has 0 saturated heterocycles. The number of hydrogen-bond acceptors (Lipinski definition) is 7. The Morgan fingerprint density at radius 2 is 1.70 bits per heavy atom. The molecule has 138 valence electrons. The monoisotopic (exact) mass is 363 g/mol. The van der Waals surface area contributed by atoms with Crippen LogP contribution in [0, 0.1) is 0 Å². The summed E-state index contributed by atoms with van der Waals surface area (Å²) >= 11 is 0. The summed E-state index contributed by atoms with van der Waals surface area (Å²) < 4.78 is 4.69. The molecule has 1 atom stereocenters. The van der Waals surface area contributed by atoms with Crippen molar-refractivity contribution in [3.8, 4) is 0 Å². The second-order valence-corrected chi connectivity index (χ2v) is 5.96.